The molecule has 1 aliphatic carbocycles. The quantitative estimate of drug-likeness (QED) is 0.516. The van der Waals surface area contributed by atoms with Crippen LogP contribution in [-0.2, 0) is 9.53 Å². The molecule has 0 bridgehead atoms. The van der Waals surface area contributed by atoms with Crippen LogP contribution in [-0.4, -0.2) is 11.6 Å². The molecule has 0 aromatic heterocycles. The highest BCUT2D eigenvalue weighted by atomic mass is 19.1. The zero-order chi connectivity index (χ0) is 10.6. The molecule has 0 aliphatic heterocycles. The Morgan fingerprint density at radius 2 is 2.00 bits per heavy atom. The minimum absolute atomic E-state index is 0.426. The third-order valence-corrected chi connectivity index (χ3v) is 2.94. The fourth-order valence-electron chi connectivity index (χ4n) is 1.98. The second-order valence-electron chi connectivity index (χ2n) is 3.89. The Labute approximate surface area is 84.1 Å². The summed E-state index contributed by atoms with van der Waals surface area (Å²) >= 11 is 0. The SMILES string of the molecule is C=C(F)C(=O)OC1(CC)CCCCC1. The summed E-state index contributed by atoms with van der Waals surface area (Å²) in [4.78, 5) is 11.1. The number of ether oxygens (including phenoxy) is 1. The van der Waals surface area contributed by atoms with Crippen LogP contribution in [0.15, 0.2) is 12.4 Å². The van der Waals surface area contributed by atoms with Gasteiger partial charge in [-0.3, -0.25) is 0 Å². The first-order chi connectivity index (χ1) is 6.59. The number of esters is 1. The van der Waals surface area contributed by atoms with Gasteiger partial charge in [0.2, 0.25) is 5.83 Å². The lowest BCUT2D eigenvalue weighted by Gasteiger charge is -2.35. The predicted octanol–water partition coefficient (Wildman–Crippen LogP) is 3.13. The molecule has 2 nitrogen and oxygen atoms in total. The van der Waals surface area contributed by atoms with Crippen LogP contribution < -0.4 is 0 Å². The van der Waals surface area contributed by atoms with E-state index in [4.69, 9.17) is 4.74 Å². The van der Waals surface area contributed by atoms with Crippen molar-refractivity contribution >= 4 is 5.97 Å². The highest BCUT2D eigenvalue weighted by molar-refractivity contribution is 5.85. The van der Waals surface area contributed by atoms with E-state index < -0.39 is 17.4 Å². The van der Waals surface area contributed by atoms with Crippen LogP contribution in [0, 0.1) is 0 Å². The van der Waals surface area contributed by atoms with E-state index in [2.05, 4.69) is 6.58 Å². The first kappa shape index (κ1) is 11.2. The molecular weight excluding hydrogens is 183 g/mol. The van der Waals surface area contributed by atoms with Gasteiger partial charge < -0.3 is 4.74 Å². The summed E-state index contributed by atoms with van der Waals surface area (Å²) in [6, 6.07) is 0. The summed E-state index contributed by atoms with van der Waals surface area (Å²) in [5.74, 6) is -1.89. The maximum Gasteiger partial charge on any atom is 0.367 e. The summed E-state index contributed by atoms with van der Waals surface area (Å²) in [7, 11) is 0. The Kier molecular flexibility index (Phi) is 3.67. The number of halogens is 1. The molecule has 0 aromatic rings. The topological polar surface area (TPSA) is 26.3 Å². The lowest BCUT2D eigenvalue weighted by molar-refractivity contribution is -0.160. The van der Waals surface area contributed by atoms with Crippen LogP contribution >= 0.6 is 0 Å². The van der Waals surface area contributed by atoms with Crippen molar-refractivity contribution in [3.8, 4) is 0 Å². The standard InChI is InChI=1S/C11H17FO2/c1-3-11(7-5-4-6-8-11)14-10(13)9(2)12/h2-8H2,1H3. The molecule has 1 fully saturated rings. The van der Waals surface area contributed by atoms with Crippen molar-refractivity contribution in [1.29, 1.82) is 0 Å². The Morgan fingerprint density at radius 1 is 1.43 bits per heavy atom. The zero-order valence-corrected chi connectivity index (χ0v) is 8.64. The molecule has 0 amide bonds. The summed E-state index contributed by atoms with van der Waals surface area (Å²) in [5, 5.41) is 0. The first-order valence-corrected chi connectivity index (χ1v) is 5.17. The molecular formula is C11H17FO2. The van der Waals surface area contributed by atoms with Crippen LogP contribution in [0.3, 0.4) is 0 Å². The van der Waals surface area contributed by atoms with Crippen molar-refractivity contribution in [3.05, 3.63) is 12.4 Å². The Hall–Kier alpha value is -0.860. The van der Waals surface area contributed by atoms with Gasteiger partial charge in [-0.25, -0.2) is 4.79 Å². The number of carbonyl (C=O) groups is 1. The molecule has 80 valence electrons. The van der Waals surface area contributed by atoms with Crippen LogP contribution in [0.5, 0.6) is 0 Å². The highest BCUT2D eigenvalue weighted by Gasteiger charge is 2.34. The normalized spacial score (nSPS) is 20.1. The van der Waals surface area contributed by atoms with E-state index in [1.807, 2.05) is 6.92 Å². The van der Waals surface area contributed by atoms with Crippen LogP contribution in [0.4, 0.5) is 4.39 Å². The highest BCUT2D eigenvalue weighted by Crippen LogP contribution is 2.34. The van der Waals surface area contributed by atoms with E-state index in [9.17, 15) is 9.18 Å². The molecule has 0 saturated heterocycles. The number of carbonyl (C=O) groups excluding carboxylic acids is 1. The molecule has 0 spiro atoms. The van der Waals surface area contributed by atoms with Gasteiger partial charge in [-0.05, 0) is 32.1 Å². The third-order valence-electron chi connectivity index (χ3n) is 2.94. The van der Waals surface area contributed by atoms with Crippen molar-refractivity contribution in [2.75, 3.05) is 0 Å². The summed E-state index contributed by atoms with van der Waals surface area (Å²) in [6.07, 6.45) is 5.74. The van der Waals surface area contributed by atoms with Gasteiger partial charge in [-0.1, -0.05) is 19.9 Å². The van der Waals surface area contributed by atoms with E-state index in [0.29, 0.717) is 0 Å². The summed E-state index contributed by atoms with van der Waals surface area (Å²) in [6.45, 7) is 4.92. The third kappa shape index (κ3) is 2.56. The average molecular weight is 200 g/mol. The molecule has 1 rings (SSSR count). The Bertz CT molecular complexity index is 229. The van der Waals surface area contributed by atoms with Crippen molar-refractivity contribution < 1.29 is 13.9 Å². The molecule has 0 N–H and O–H groups in total. The maximum absolute atomic E-state index is 12.5. The minimum atomic E-state index is -0.997. The van der Waals surface area contributed by atoms with Crippen molar-refractivity contribution in [1.82, 2.24) is 0 Å². The fraction of sp³-hybridized carbons (Fsp3) is 0.727. The monoisotopic (exact) mass is 200 g/mol. The Morgan fingerprint density at radius 3 is 2.43 bits per heavy atom. The minimum Gasteiger partial charge on any atom is -0.454 e. The summed E-state index contributed by atoms with van der Waals surface area (Å²) < 4.78 is 17.7. The van der Waals surface area contributed by atoms with Crippen LogP contribution in [0.1, 0.15) is 45.4 Å². The van der Waals surface area contributed by atoms with Gasteiger partial charge >= 0.3 is 5.97 Å². The molecule has 0 aromatic carbocycles. The molecule has 0 radical (unpaired) electrons. The van der Waals surface area contributed by atoms with E-state index in [1.165, 1.54) is 6.42 Å². The van der Waals surface area contributed by atoms with Gasteiger partial charge in [0.15, 0.2) is 0 Å². The van der Waals surface area contributed by atoms with Gasteiger partial charge in [-0.15, -0.1) is 0 Å². The largest absolute Gasteiger partial charge is 0.454 e. The first-order valence-electron chi connectivity index (χ1n) is 5.17. The van der Waals surface area contributed by atoms with Crippen LogP contribution in [0.2, 0.25) is 0 Å². The second-order valence-corrected chi connectivity index (χ2v) is 3.89. The summed E-state index contributed by atoms with van der Waals surface area (Å²) in [5.41, 5.74) is -0.426. The van der Waals surface area contributed by atoms with Crippen molar-refractivity contribution in [3.63, 3.8) is 0 Å². The lowest BCUT2D eigenvalue weighted by atomic mass is 9.83. The maximum atomic E-state index is 12.5. The van der Waals surface area contributed by atoms with E-state index in [0.717, 1.165) is 32.1 Å². The molecule has 0 atom stereocenters. The molecule has 14 heavy (non-hydrogen) atoms. The van der Waals surface area contributed by atoms with E-state index in [-0.39, 0.29) is 0 Å². The average Bonchev–Trinajstić information content (AvgIpc) is 2.19. The van der Waals surface area contributed by atoms with Crippen molar-refractivity contribution in [2.24, 2.45) is 0 Å². The molecule has 1 aliphatic rings. The lowest BCUT2D eigenvalue weighted by Crippen LogP contribution is -2.36. The Balaban J connectivity index is 2.60. The van der Waals surface area contributed by atoms with Gasteiger partial charge in [0.1, 0.15) is 5.60 Å². The van der Waals surface area contributed by atoms with Gasteiger partial charge in [0.05, 0.1) is 0 Å². The molecule has 0 unspecified atom stereocenters. The fourth-order valence-corrected chi connectivity index (χ4v) is 1.98. The second kappa shape index (κ2) is 4.58. The van der Waals surface area contributed by atoms with Crippen LogP contribution in [0.25, 0.3) is 0 Å². The van der Waals surface area contributed by atoms with Gasteiger partial charge in [0, 0.05) is 0 Å². The molecule has 0 heterocycles. The molecule has 3 heteroatoms. The van der Waals surface area contributed by atoms with Gasteiger partial charge in [-0.2, -0.15) is 4.39 Å². The number of rotatable bonds is 3. The number of hydrogen-bond donors (Lipinski definition) is 0. The van der Waals surface area contributed by atoms with E-state index in [1.54, 1.807) is 0 Å². The van der Waals surface area contributed by atoms with Gasteiger partial charge in [0.25, 0.3) is 0 Å². The van der Waals surface area contributed by atoms with Crippen molar-refractivity contribution in [2.45, 2.75) is 51.0 Å². The number of hydrogen-bond acceptors (Lipinski definition) is 2. The predicted molar refractivity (Wildman–Crippen MR) is 52.4 cm³/mol. The van der Waals surface area contributed by atoms with E-state index >= 15 is 0 Å². The zero-order valence-electron chi connectivity index (χ0n) is 8.64. The smallest absolute Gasteiger partial charge is 0.367 e. The molecule has 1 saturated carbocycles.